The molecule has 1 N–H and O–H groups in total. The van der Waals surface area contributed by atoms with Crippen LogP contribution in [0.25, 0.3) is 0 Å². The monoisotopic (exact) mass is 315 g/mol. The lowest BCUT2D eigenvalue weighted by Gasteiger charge is -2.27. The standard InChI is InChI=1S/C16H23ClFNS/c1-2-19-15(9-12-5-7-20-8-6-12)10-13-3-4-14(17)11-16(13)18/h3-4,11-12,15,19H,2,5-10H2,1H3. The molecule has 1 fully saturated rings. The van der Waals surface area contributed by atoms with Crippen molar-refractivity contribution < 1.29 is 4.39 Å². The van der Waals surface area contributed by atoms with Crippen LogP contribution in [0.15, 0.2) is 18.2 Å². The molecule has 1 unspecified atom stereocenters. The lowest BCUT2D eigenvalue weighted by molar-refractivity contribution is 0.364. The van der Waals surface area contributed by atoms with Crippen molar-refractivity contribution in [2.24, 2.45) is 5.92 Å². The van der Waals surface area contributed by atoms with E-state index >= 15 is 0 Å². The van der Waals surface area contributed by atoms with Crippen LogP contribution in [0.5, 0.6) is 0 Å². The Hall–Kier alpha value is -0.250. The fourth-order valence-corrected chi connectivity index (χ4v) is 4.23. The number of benzene rings is 1. The number of halogens is 2. The molecule has 1 aliphatic heterocycles. The first kappa shape index (κ1) is 16.1. The van der Waals surface area contributed by atoms with Gasteiger partial charge in [0.2, 0.25) is 0 Å². The van der Waals surface area contributed by atoms with Crippen molar-refractivity contribution in [3.05, 3.63) is 34.6 Å². The van der Waals surface area contributed by atoms with Crippen LogP contribution in [-0.4, -0.2) is 24.1 Å². The quantitative estimate of drug-likeness (QED) is 0.827. The maximum Gasteiger partial charge on any atom is 0.127 e. The summed E-state index contributed by atoms with van der Waals surface area (Å²) >= 11 is 7.86. The van der Waals surface area contributed by atoms with E-state index in [0.717, 1.165) is 30.9 Å². The molecule has 112 valence electrons. The fraction of sp³-hybridized carbons (Fsp3) is 0.625. The Balaban J connectivity index is 1.96. The van der Waals surface area contributed by atoms with Crippen LogP contribution in [0, 0.1) is 11.7 Å². The summed E-state index contributed by atoms with van der Waals surface area (Å²) in [6, 6.07) is 5.37. The number of hydrogen-bond acceptors (Lipinski definition) is 2. The van der Waals surface area contributed by atoms with E-state index in [-0.39, 0.29) is 5.82 Å². The van der Waals surface area contributed by atoms with Crippen LogP contribution in [0.1, 0.15) is 31.7 Å². The Labute approximate surface area is 130 Å². The van der Waals surface area contributed by atoms with E-state index in [0.29, 0.717) is 11.1 Å². The molecule has 0 bridgehead atoms. The van der Waals surface area contributed by atoms with Crippen LogP contribution in [0.3, 0.4) is 0 Å². The number of nitrogens with one attached hydrogen (secondary N) is 1. The van der Waals surface area contributed by atoms with E-state index in [9.17, 15) is 4.39 Å². The van der Waals surface area contributed by atoms with Crippen LogP contribution >= 0.6 is 23.4 Å². The van der Waals surface area contributed by atoms with Crippen LogP contribution in [0.4, 0.5) is 4.39 Å². The normalized spacial score (nSPS) is 18.1. The zero-order chi connectivity index (χ0) is 14.4. The second-order valence-corrected chi connectivity index (χ2v) is 7.15. The molecule has 0 aromatic heterocycles. The van der Waals surface area contributed by atoms with Crippen molar-refractivity contribution in [1.29, 1.82) is 0 Å². The van der Waals surface area contributed by atoms with Gasteiger partial charge >= 0.3 is 0 Å². The van der Waals surface area contributed by atoms with Gasteiger partial charge in [0.1, 0.15) is 5.82 Å². The minimum atomic E-state index is -0.181. The van der Waals surface area contributed by atoms with Crippen LogP contribution in [-0.2, 0) is 6.42 Å². The molecule has 0 saturated carbocycles. The van der Waals surface area contributed by atoms with Gasteiger partial charge < -0.3 is 5.32 Å². The maximum atomic E-state index is 13.9. The molecule has 20 heavy (non-hydrogen) atoms. The van der Waals surface area contributed by atoms with Crippen molar-refractivity contribution in [2.75, 3.05) is 18.1 Å². The highest BCUT2D eigenvalue weighted by Gasteiger charge is 2.20. The summed E-state index contributed by atoms with van der Waals surface area (Å²) in [4.78, 5) is 0. The molecule has 1 saturated heterocycles. The predicted octanol–water partition coefficient (Wildman–Crippen LogP) is 4.53. The van der Waals surface area contributed by atoms with Crippen molar-refractivity contribution in [2.45, 2.75) is 38.6 Å². The van der Waals surface area contributed by atoms with Gasteiger partial charge in [0, 0.05) is 11.1 Å². The number of likely N-dealkylation sites (N-methyl/N-ethyl adjacent to an activating group) is 1. The molecule has 4 heteroatoms. The van der Waals surface area contributed by atoms with Gasteiger partial charge in [-0.3, -0.25) is 0 Å². The van der Waals surface area contributed by atoms with Gasteiger partial charge in [-0.05, 0) is 67.3 Å². The van der Waals surface area contributed by atoms with Gasteiger partial charge in [0.25, 0.3) is 0 Å². The van der Waals surface area contributed by atoms with Crippen molar-refractivity contribution in [3.63, 3.8) is 0 Å². The molecule has 1 aromatic carbocycles. The highest BCUT2D eigenvalue weighted by molar-refractivity contribution is 7.99. The third kappa shape index (κ3) is 4.94. The number of thioether (sulfide) groups is 1. The summed E-state index contributed by atoms with van der Waals surface area (Å²) in [5.41, 5.74) is 0.769. The summed E-state index contributed by atoms with van der Waals surface area (Å²) in [6.07, 6.45) is 4.50. The molecule has 1 aromatic rings. The van der Waals surface area contributed by atoms with E-state index < -0.39 is 0 Å². The highest BCUT2D eigenvalue weighted by atomic mass is 35.5. The van der Waals surface area contributed by atoms with Crippen molar-refractivity contribution in [3.8, 4) is 0 Å². The molecule has 0 radical (unpaired) electrons. The second-order valence-electron chi connectivity index (χ2n) is 5.49. The van der Waals surface area contributed by atoms with Gasteiger partial charge in [-0.2, -0.15) is 11.8 Å². The zero-order valence-electron chi connectivity index (χ0n) is 12.0. The van der Waals surface area contributed by atoms with Crippen molar-refractivity contribution in [1.82, 2.24) is 5.32 Å². The first-order valence-electron chi connectivity index (χ1n) is 7.44. The minimum absolute atomic E-state index is 0.181. The van der Waals surface area contributed by atoms with E-state index in [4.69, 9.17) is 11.6 Å². The summed E-state index contributed by atoms with van der Waals surface area (Å²) in [5.74, 6) is 3.16. The van der Waals surface area contributed by atoms with E-state index in [1.54, 1.807) is 6.07 Å². The zero-order valence-corrected chi connectivity index (χ0v) is 13.6. The largest absolute Gasteiger partial charge is 0.314 e. The smallest absolute Gasteiger partial charge is 0.127 e. The highest BCUT2D eigenvalue weighted by Crippen LogP contribution is 2.27. The molecule has 0 aliphatic carbocycles. The van der Waals surface area contributed by atoms with Crippen LogP contribution < -0.4 is 5.32 Å². The summed E-state index contributed by atoms with van der Waals surface area (Å²) < 4.78 is 13.9. The first-order valence-corrected chi connectivity index (χ1v) is 8.97. The van der Waals surface area contributed by atoms with E-state index in [1.165, 1.54) is 30.4 Å². The Bertz CT molecular complexity index is 421. The predicted molar refractivity (Wildman–Crippen MR) is 87.2 cm³/mol. The second kappa shape index (κ2) is 8.26. The third-order valence-electron chi connectivity index (χ3n) is 3.93. The summed E-state index contributed by atoms with van der Waals surface area (Å²) in [5, 5.41) is 3.98. The third-order valence-corrected chi connectivity index (χ3v) is 5.22. The van der Waals surface area contributed by atoms with Gasteiger partial charge in [-0.1, -0.05) is 24.6 Å². The SMILES string of the molecule is CCNC(Cc1ccc(Cl)cc1F)CC1CCSCC1. The van der Waals surface area contributed by atoms with Gasteiger partial charge in [-0.15, -0.1) is 0 Å². The van der Waals surface area contributed by atoms with Crippen LogP contribution in [0.2, 0.25) is 5.02 Å². The van der Waals surface area contributed by atoms with Crippen molar-refractivity contribution >= 4 is 23.4 Å². The lowest BCUT2D eigenvalue weighted by atomic mass is 9.91. The molecule has 1 aliphatic rings. The molecule has 0 amide bonds. The molecule has 2 rings (SSSR count). The molecular weight excluding hydrogens is 293 g/mol. The van der Waals surface area contributed by atoms with Gasteiger partial charge in [0.15, 0.2) is 0 Å². The summed E-state index contributed by atoms with van der Waals surface area (Å²) in [7, 11) is 0. The molecule has 1 heterocycles. The first-order chi connectivity index (χ1) is 9.69. The Morgan fingerprint density at radius 2 is 2.15 bits per heavy atom. The number of hydrogen-bond donors (Lipinski definition) is 1. The number of rotatable bonds is 6. The fourth-order valence-electron chi connectivity index (χ4n) is 2.86. The Morgan fingerprint density at radius 1 is 1.40 bits per heavy atom. The van der Waals surface area contributed by atoms with Gasteiger partial charge in [-0.25, -0.2) is 4.39 Å². The topological polar surface area (TPSA) is 12.0 Å². The Morgan fingerprint density at radius 3 is 2.80 bits per heavy atom. The Kier molecular flexibility index (Phi) is 6.66. The molecular formula is C16H23ClFNS. The van der Waals surface area contributed by atoms with Gasteiger partial charge in [0.05, 0.1) is 0 Å². The van der Waals surface area contributed by atoms with E-state index in [1.807, 2.05) is 6.07 Å². The molecule has 1 atom stereocenters. The minimum Gasteiger partial charge on any atom is -0.314 e. The lowest BCUT2D eigenvalue weighted by Crippen LogP contribution is -2.34. The molecule has 0 spiro atoms. The van der Waals surface area contributed by atoms with E-state index in [2.05, 4.69) is 24.0 Å². The summed E-state index contributed by atoms with van der Waals surface area (Å²) in [6.45, 7) is 3.04. The maximum absolute atomic E-state index is 13.9. The molecule has 1 nitrogen and oxygen atoms in total. The average Bonchev–Trinajstić information content (AvgIpc) is 2.43. The average molecular weight is 316 g/mol.